The van der Waals surface area contributed by atoms with E-state index in [1.54, 1.807) is 16.7 Å². The number of nitro benzene ring substituents is 1. The van der Waals surface area contributed by atoms with Crippen LogP contribution in [0.25, 0.3) is 10.9 Å². The Hall–Kier alpha value is -2.95. The second-order valence-electron chi connectivity index (χ2n) is 6.06. The van der Waals surface area contributed by atoms with Gasteiger partial charge in [0.2, 0.25) is 0 Å². The number of para-hydroxylation sites is 2. The number of carbonyl (C=O) groups is 1. The van der Waals surface area contributed by atoms with Gasteiger partial charge in [-0.1, -0.05) is 30.3 Å². The van der Waals surface area contributed by atoms with Crippen molar-refractivity contribution in [1.29, 1.82) is 0 Å². The number of benzene rings is 2. The summed E-state index contributed by atoms with van der Waals surface area (Å²) in [6.07, 6.45) is 3.93. The summed E-state index contributed by atoms with van der Waals surface area (Å²) >= 11 is 0. The van der Waals surface area contributed by atoms with Crippen LogP contribution < -0.4 is 0 Å². The van der Waals surface area contributed by atoms with E-state index in [2.05, 4.69) is 0 Å². The lowest BCUT2D eigenvalue weighted by molar-refractivity contribution is -0.385. The van der Waals surface area contributed by atoms with Crippen LogP contribution >= 0.6 is 0 Å². The van der Waals surface area contributed by atoms with Gasteiger partial charge in [0.1, 0.15) is 5.56 Å². The van der Waals surface area contributed by atoms with Gasteiger partial charge in [-0.2, -0.15) is 0 Å². The number of hydrogen-bond donors (Lipinski definition) is 0. The van der Waals surface area contributed by atoms with Crippen molar-refractivity contribution in [3.8, 4) is 0 Å². The van der Waals surface area contributed by atoms with Crippen molar-refractivity contribution in [3.05, 3.63) is 75.5 Å². The maximum atomic E-state index is 13.2. The van der Waals surface area contributed by atoms with E-state index in [-0.39, 0.29) is 17.2 Å². The van der Waals surface area contributed by atoms with Gasteiger partial charge in [0.15, 0.2) is 0 Å². The molecule has 0 unspecified atom stereocenters. The monoisotopic (exact) mass is 320 g/mol. The topological polar surface area (TPSA) is 65.1 Å². The minimum atomic E-state index is -0.495. The fourth-order valence-electron chi connectivity index (χ4n) is 3.66. The molecule has 1 aromatic heterocycles. The first-order valence-corrected chi connectivity index (χ1v) is 8.08. The molecule has 0 N–H and O–H groups in total. The van der Waals surface area contributed by atoms with Crippen LogP contribution in [0.15, 0.2) is 48.5 Å². The molecular formula is C19H16N2O3. The summed E-state index contributed by atoms with van der Waals surface area (Å²) in [5.74, 6) is -0.318. The molecule has 0 atom stereocenters. The molecule has 5 heteroatoms. The van der Waals surface area contributed by atoms with Gasteiger partial charge in [0.05, 0.1) is 10.4 Å². The zero-order chi connectivity index (χ0) is 16.7. The Balaban J connectivity index is 1.98. The van der Waals surface area contributed by atoms with Crippen molar-refractivity contribution in [3.63, 3.8) is 0 Å². The van der Waals surface area contributed by atoms with Crippen LogP contribution in [0.1, 0.15) is 34.5 Å². The minimum Gasteiger partial charge on any atom is -0.280 e. The first-order valence-electron chi connectivity index (χ1n) is 8.08. The fourth-order valence-corrected chi connectivity index (χ4v) is 3.66. The molecule has 4 rings (SSSR count). The Morgan fingerprint density at radius 2 is 1.71 bits per heavy atom. The molecule has 0 fully saturated rings. The summed E-state index contributed by atoms with van der Waals surface area (Å²) in [5.41, 5.74) is 3.04. The Bertz CT molecular complexity index is 972. The number of carbonyl (C=O) groups excluding carboxylic acids is 1. The van der Waals surface area contributed by atoms with E-state index >= 15 is 0 Å². The van der Waals surface area contributed by atoms with E-state index < -0.39 is 4.92 Å². The summed E-state index contributed by atoms with van der Waals surface area (Å²) in [7, 11) is 0. The third-order valence-corrected chi connectivity index (χ3v) is 4.71. The van der Waals surface area contributed by atoms with Crippen molar-refractivity contribution in [2.24, 2.45) is 0 Å². The van der Waals surface area contributed by atoms with Crippen molar-refractivity contribution < 1.29 is 9.72 Å². The summed E-state index contributed by atoms with van der Waals surface area (Å²) in [6.45, 7) is 0. The molecule has 2 aromatic carbocycles. The molecular weight excluding hydrogens is 304 g/mol. The quantitative estimate of drug-likeness (QED) is 0.527. The van der Waals surface area contributed by atoms with Crippen LogP contribution in [0.2, 0.25) is 0 Å². The number of nitro groups is 1. The highest BCUT2D eigenvalue weighted by atomic mass is 16.6. The van der Waals surface area contributed by atoms with E-state index in [0.29, 0.717) is 0 Å². The Kier molecular flexibility index (Phi) is 3.41. The number of hydrogen-bond acceptors (Lipinski definition) is 3. The predicted molar refractivity (Wildman–Crippen MR) is 91.4 cm³/mol. The third kappa shape index (κ3) is 2.12. The number of nitrogens with zero attached hydrogens (tertiary/aromatic N) is 2. The minimum absolute atomic E-state index is 0.136. The highest BCUT2D eigenvalue weighted by Crippen LogP contribution is 2.33. The Morgan fingerprint density at radius 1 is 1.00 bits per heavy atom. The lowest BCUT2D eigenvalue weighted by Gasteiger charge is -2.15. The lowest BCUT2D eigenvalue weighted by Crippen LogP contribution is -2.18. The van der Waals surface area contributed by atoms with Gasteiger partial charge < -0.3 is 0 Å². The highest BCUT2D eigenvalue weighted by molar-refractivity contribution is 6.06. The maximum Gasteiger partial charge on any atom is 0.282 e. The Morgan fingerprint density at radius 3 is 2.54 bits per heavy atom. The average molecular weight is 320 g/mol. The molecule has 0 bridgehead atoms. The maximum absolute atomic E-state index is 13.2. The number of fused-ring (bicyclic) bond motifs is 3. The molecule has 0 radical (unpaired) electrons. The largest absolute Gasteiger partial charge is 0.282 e. The van der Waals surface area contributed by atoms with E-state index in [1.165, 1.54) is 17.7 Å². The standard InChI is InChI=1S/C19H16N2O3/c22-19(15-9-3-6-12-18(15)21(23)24)20-16-10-4-1-7-13(16)14-8-2-5-11-17(14)20/h1,3-4,6-7,9-10,12H,2,5,8,11H2. The molecule has 3 aromatic rings. The normalized spacial score (nSPS) is 13.7. The average Bonchev–Trinajstić information content (AvgIpc) is 2.95. The summed E-state index contributed by atoms with van der Waals surface area (Å²) in [6, 6.07) is 14.0. The zero-order valence-electron chi connectivity index (χ0n) is 13.1. The van der Waals surface area contributed by atoms with E-state index in [1.807, 2.05) is 24.3 Å². The molecule has 24 heavy (non-hydrogen) atoms. The van der Waals surface area contributed by atoms with Gasteiger partial charge in [-0.15, -0.1) is 0 Å². The molecule has 0 saturated heterocycles. The van der Waals surface area contributed by atoms with Crippen LogP contribution in [0.4, 0.5) is 5.69 Å². The lowest BCUT2D eigenvalue weighted by atomic mass is 9.95. The van der Waals surface area contributed by atoms with Crippen molar-refractivity contribution >= 4 is 22.5 Å². The summed E-state index contributed by atoms with van der Waals surface area (Å²) in [4.78, 5) is 24.0. The first kappa shape index (κ1) is 14.6. The summed E-state index contributed by atoms with van der Waals surface area (Å²) in [5, 5.41) is 12.4. The molecule has 1 aliphatic carbocycles. The van der Waals surface area contributed by atoms with E-state index in [4.69, 9.17) is 0 Å². The van der Waals surface area contributed by atoms with Crippen LogP contribution in [-0.2, 0) is 12.8 Å². The molecule has 5 nitrogen and oxygen atoms in total. The fraction of sp³-hybridized carbons (Fsp3) is 0.211. The SMILES string of the molecule is O=C(c1ccccc1[N+](=O)[O-])n1c2c(c3ccccc31)CCCC2. The van der Waals surface area contributed by atoms with Gasteiger partial charge in [-0.05, 0) is 43.4 Å². The molecule has 0 spiro atoms. The van der Waals surface area contributed by atoms with Crippen LogP contribution in [-0.4, -0.2) is 15.4 Å². The Labute approximate surface area is 138 Å². The van der Waals surface area contributed by atoms with Gasteiger partial charge in [0.25, 0.3) is 11.6 Å². The zero-order valence-corrected chi connectivity index (χ0v) is 13.1. The molecule has 1 aliphatic rings. The molecule has 0 aliphatic heterocycles. The second-order valence-corrected chi connectivity index (χ2v) is 6.06. The number of rotatable bonds is 2. The van der Waals surface area contributed by atoms with E-state index in [9.17, 15) is 14.9 Å². The van der Waals surface area contributed by atoms with Gasteiger partial charge in [0, 0.05) is 17.1 Å². The highest BCUT2D eigenvalue weighted by Gasteiger charge is 2.27. The second kappa shape index (κ2) is 5.60. The van der Waals surface area contributed by atoms with Gasteiger partial charge in [-0.25, -0.2) is 0 Å². The predicted octanol–water partition coefficient (Wildman–Crippen LogP) is 4.12. The summed E-state index contributed by atoms with van der Waals surface area (Å²) < 4.78 is 1.69. The van der Waals surface area contributed by atoms with Crippen LogP contribution in [0.5, 0.6) is 0 Å². The molecule has 120 valence electrons. The molecule has 1 heterocycles. The van der Waals surface area contributed by atoms with Crippen LogP contribution in [0, 0.1) is 10.1 Å². The van der Waals surface area contributed by atoms with Crippen molar-refractivity contribution in [2.75, 3.05) is 0 Å². The number of aryl methyl sites for hydroxylation is 1. The number of aromatic nitrogens is 1. The van der Waals surface area contributed by atoms with Crippen molar-refractivity contribution in [2.45, 2.75) is 25.7 Å². The smallest absolute Gasteiger partial charge is 0.280 e. The third-order valence-electron chi connectivity index (χ3n) is 4.71. The van der Waals surface area contributed by atoms with Gasteiger partial charge >= 0.3 is 0 Å². The van der Waals surface area contributed by atoms with Crippen LogP contribution in [0.3, 0.4) is 0 Å². The molecule has 0 amide bonds. The van der Waals surface area contributed by atoms with Gasteiger partial charge in [-0.3, -0.25) is 19.5 Å². The van der Waals surface area contributed by atoms with Crippen molar-refractivity contribution in [1.82, 2.24) is 4.57 Å². The molecule has 0 saturated carbocycles. The first-order chi connectivity index (χ1) is 11.7. The van der Waals surface area contributed by atoms with E-state index in [0.717, 1.165) is 42.3 Å².